The zero-order valence-electron chi connectivity index (χ0n) is 12.9. The Morgan fingerprint density at radius 3 is 2.39 bits per heavy atom. The van der Waals surface area contributed by atoms with E-state index in [1.54, 1.807) is 0 Å². The normalized spacial score (nSPS) is 10.7. The van der Waals surface area contributed by atoms with Gasteiger partial charge in [-0.1, -0.05) is 24.0 Å². The molecular weight excluding hydrogens is 315 g/mol. The molecule has 0 bridgehead atoms. The minimum atomic E-state index is -3.69. The first-order chi connectivity index (χ1) is 10.9. The van der Waals surface area contributed by atoms with Crippen molar-refractivity contribution in [2.24, 2.45) is 0 Å². The number of halogens is 1. The topological polar surface area (TPSA) is 49.4 Å². The van der Waals surface area contributed by atoms with Crippen LogP contribution in [0.2, 0.25) is 0 Å². The van der Waals surface area contributed by atoms with Crippen LogP contribution >= 0.6 is 0 Å². The number of hydrogen-bond donors (Lipinski definition) is 1. The molecule has 23 heavy (non-hydrogen) atoms. The molecule has 1 N–H and O–H groups in total. The van der Waals surface area contributed by atoms with Crippen LogP contribution in [0.1, 0.15) is 5.56 Å². The summed E-state index contributed by atoms with van der Waals surface area (Å²) in [6, 6.07) is 12.2. The van der Waals surface area contributed by atoms with E-state index in [0.717, 1.165) is 23.4 Å². The molecule has 2 rings (SSSR count). The number of nitrogens with zero attached hydrogens (tertiary/aromatic N) is 1. The van der Waals surface area contributed by atoms with Crippen LogP contribution in [0.3, 0.4) is 0 Å². The maximum absolute atomic E-state index is 12.8. The second-order valence-electron chi connectivity index (χ2n) is 4.99. The van der Waals surface area contributed by atoms with E-state index in [-0.39, 0.29) is 11.4 Å². The maximum atomic E-state index is 12.8. The van der Waals surface area contributed by atoms with Crippen molar-refractivity contribution in [3.8, 4) is 11.8 Å². The van der Waals surface area contributed by atoms with Gasteiger partial charge in [-0.2, -0.15) is 4.72 Å². The van der Waals surface area contributed by atoms with Gasteiger partial charge in [-0.05, 0) is 36.4 Å². The second kappa shape index (κ2) is 7.27. The van der Waals surface area contributed by atoms with Crippen molar-refractivity contribution in [1.29, 1.82) is 0 Å². The van der Waals surface area contributed by atoms with Crippen LogP contribution in [0.4, 0.5) is 10.1 Å². The third-order valence-corrected chi connectivity index (χ3v) is 4.50. The minimum Gasteiger partial charge on any atom is -0.377 e. The van der Waals surface area contributed by atoms with Gasteiger partial charge in [0, 0.05) is 19.7 Å². The van der Waals surface area contributed by atoms with Gasteiger partial charge in [-0.15, -0.1) is 0 Å². The van der Waals surface area contributed by atoms with Gasteiger partial charge in [0.05, 0.1) is 17.1 Å². The summed E-state index contributed by atoms with van der Waals surface area (Å²) in [5.41, 5.74) is 1.78. The molecule has 2 aromatic rings. The highest BCUT2D eigenvalue weighted by Crippen LogP contribution is 2.16. The van der Waals surface area contributed by atoms with Crippen molar-refractivity contribution in [1.82, 2.24) is 4.72 Å². The molecular formula is C17H17FN2O2S. The predicted octanol–water partition coefficient (Wildman–Crippen LogP) is 2.22. The van der Waals surface area contributed by atoms with E-state index in [1.807, 2.05) is 43.3 Å². The third-order valence-electron chi connectivity index (χ3n) is 3.08. The Kier molecular flexibility index (Phi) is 5.37. The lowest BCUT2D eigenvalue weighted by molar-refractivity contribution is 0.585. The average molecular weight is 332 g/mol. The zero-order valence-corrected chi connectivity index (χ0v) is 13.7. The fraction of sp³-hybridized carbons (Fsp3) is 0.176. The summed E-state index contributed by atoms with van der Waals surface area (Å²) in [4.78, 5) is 1.95. The molecule has 0 unspecified atom stereocenters. The number of sulfonamides is 1. The summed E-state index contributed by atoms with van der Waals surface area (Å²) in [5.74, 6) is 5.26. The Labute approximate surface area is 136 Å². The molecule has 0 fully saturated rings. The number of para-hydroxylation sites is 1. The van der Waals surface area contributed by atoms with Crippen LogP contribution in [0, 0.1) is 17.7 Å². The first kappa shape index (κ1) is 17.0. The van der Waals surface area contributed by atoms with Crippen LogP contribution in [-0.2, 0) is 10.0 Å². The molecule has 0 aliphatic heterocycles. The van der Waals surface area contributed by atoms with Crippen LogP contribution in [0.5, 0.6) is 0 Å². The first-order valence-corrected chi connectivity index (χ1v) is 8.39. The number of anilines is 1. The van der Waals surface area contributed by atoms with Crippen LogP contribution < -0.4 is 9.62 Å². The molecule has 4 nitrogen and oxygen atoms in total. The molecule has 2 aromatic carbocycles. The molecule has 0 aliphatic rings. The molecule has 0 aliphatic carbocycles. The number of hydrogen-bond acceptors (Lipinski definition) is 3. The lowest BCUT2D eigenvalue weighted by Gasteiger charge is -2.13. The highest BCUT2D eigenvalue weighted by Gasteiger charge is 2.12. The fourth-order valence-electron chi connectivity index (χ4n) is 1.94. The largest absolute Gasteiger partial charge is 0.377 e. The summed E-state index contributed by atoms with van der Waals surface area (Å²) >= 11 is 0. The van der Waals surface area contributed by atoms with Crippen LogP contribution in [0.15, 0.2) is 53.4 Å². The van der Waals surface area contributed by atoms with Crippen molar-refractivity contribution >= 4 is 15.7 Å². The van der Waals surface area contributed by atoms with Gasteiger partial charge in [0.25, 0.3) is 0 Å². The van der Waals surface area contributed by atoms with Crippen molar-refractivity contribution in [2.75, 3.05) is 25.5 Å². The summed E-state index contributed by atoms with van der Waals surface area (Å²) in [6.07, 6.45) is 0. The Balaban J connectivity index is 2.07. The molecule has 0 amide bonds. The molecule has 6 heteroatoms. The van der Waals surface area contributed by atoms with Gasteiger partial charge >= 0.3 is 0 Å². The minimum absolute atomic E-state index is 0.00870. The van der Waals surface area contributed by atoms with Crippen LogP contribution in [0.25, 0.3) is 0 Å². The molecule has 0 heterocycles. The third kappa shape index (κ3) is 4.55. The zero-order chi connectivity index (χ0) is 16.9. The standard InChI is InChI=1S/C17H17FN2O2S/c1-20(2)17-8-4-3-6-14(17)7-5-13-19-23(21,22)16-11-9-15(18)10-12-16/h3-4,6,8-12,19H,13H2,1-2H3. The van der Waals surface area contributed by atoms with E-state index >= 15 is 0 Å². The van der Waals surface area contributed by atoms with Gasteiger partial charge in [0.2, 0.25) is 10.0 Å². The number of benzene rings is 2. The SMILES string of the molecule is CN(C)c1ccccc1C#CCNS(=O)(=O)c1ccc(F)cc1. The van der Waals surface area contributed by atoms with Crippen molar-refractivity contribution < 1.29 is 12.8 Å². The van der Waals surface area contributed by atoms with Gasteiger partial charge in [-0.3, -0.25) is 0 Å². The molecule has 0 radical (unpaired) electrons. The van der Waals surface area contributed by atoms with E-state index in [1.165, 1.54) is 12.1 Å². The smallest absolute Gasteiger partial charge is 0.241 e. The van der Waals surface area contributed by atoms with E-state index in [2.05, 4.69) is 16.6 Å². The predicted molar refractivity (Wildman–Crippen MR) is 89.2 cm³/mol. The maximum Gasteiger partial charge on any atom is 0.241 e. The molecule has 120 valence electrons. The Morgan fingerprint density at radius 2 is 1.74 bits per heavy atom. The second-order valence-corrected chi connectivity index (χ2v) is 6.76. The van der Waals surface area contributed by atoms with Crippen molar-refractivity contribution in [3.05, 3.63) is 59.9 Å². The van der Waals surface area contributed by atoms with Crippen LogP contribution in [-0.4, -0.2) is 29.1 Å². The van der Waals surface area contributed by atoms with Gasteiger partial charge in [0.1, 0.15) is 5.82 Å². The molecule has 0 atom stereocenters. The Hall–Kier alpha value is -2.36. The van der Waals surface area contributed by atoms with E-state index in [0.29, 0.717) is 0 Å². The Bertz CT molecular complexity index is 835. The lowest BCUT2D eigenvalue weighted by Crippen LogP contribution is -2.24. The van der Waals surface area contributed by atoms with E-state index < -0.39 is 15.8 Å². The quantitative estimate of drug-likeness (QED) is 0.874. The summed E-state index contributed by atoms with van der Waals surface area (Å²) in [6.45, 7) is -0.0263. The fourth-order valence-corrected chi connectivity index (χ4v) is 2.86. The first-order valence-electron chi connectivity index (χ1n) is 6.90. The molecule has 0 spiro atoms. The van der Waals surface area contributed by atoms with E-state index in [9.17, 15) is 12.8 Å². The van der Waals surface area contributed by atoms with Gasteiger partial charge in [0.15, 0.2) is 0 Å². The molecule has 0 saturated carbocycles. The Morgan fingerprint density at radius 1 is 1.09 bits per heavy atom. The van der Waals surface area contributed by atoms with Crippen molar-refractivity contribution in [3.63, 3.8) is 0 Å². The van der Waals surface area contributed by atoms with E-state index in [4.69, 9.17) is 0 Å². The van der Waals surface area contributed by atoms with Gasteiger partial charge in [-0.25, -0.2) is 12.8 Å². The van der Waals surface area contributed by atoms with Gasteiger partial charge < -0.3 is 4.90 Å². The average Bonchev–Trinajstić information content (AvgIpc) is 2.52. The lowest BCUT2D eigenvalue weighted by atomic mass is 10.1. The number of nitrogens with one attached hydrogen (secondary N) is 1. The summed E-state index contributed by atoms with van der Waals surface area (Å²) < 4.78 is 39.2. The highest BCUT2D eigenvalue weighted by molar-refractivity contribution is 7.89. The highest BCUT2D eigenvalue weighted by atomic mass is 32.2. The molecule has 0 saturated heterocycles. The number of rotatable bonds is 4. The molecule has 0 aromatic heterocycles. The summed E-state index contributed by atoms with van der Waals surface area (Å²) in [5, 5.41) is 0. The van der Waals surface area contributed by atoms with Crippen molar-refractivity contribution in [2.45, 2.75) is 4.90 Å². The monoisotopic (exact) mass is 332 g/mol. The summed E-state index contributed by atoms with van der Waals surface area (Å²) in [7, 11) is 0.141.